The summed E-state index contributed by atoms with van der Waals surface area (Å²) in [6.07, 6.45) is 2.37. The van der Waals surface area contributed by atoms with Crippen LogP contribution in [-0.4, -0.2) is 54.0 Å². The molecule has 0 spiro atoms. The van der Waals surface area contributed by atoms with Gasteiger partial charge in [-0.3, -0.25) is 14.5 Å². The van der Waals surface area contributed by atoms with E-state index in [1.165, 1.54) is 0 Å². The van der Waals surface area contributed by atoms with Crippen LogP contribution in [0.5, 0.6) is 0 Å². The number of hydrogen-bond donors (Lipinski definition) is 1. The normalized spacial score (nSPS) is 16.4. The molecule has 1 aromatic carbocycles. The minimum absolute atomic E-state index is 0.00438. The first kappa shape index (κ1) is 21.6. The number of likely N-dealkylation sites (N-methyl/N-ethyl adjacent to an activating group) is 1. The summed E-state index contributed by atoms with van der Waals surface area (Å²) in [6.45, 7) is 5.85. The number of anilines is 1. The number of ketones is 1. The van der Waals surface area contributed by atoms with Crippen molar-refractivity contribution in [1.82, 2.24) is 9.47 Å². The van der Waals surface area contributed by atoms with Gasteiger partial charge in [-0.05, 0) is 51.9 Å². The zero-order valence-corrected chi connectivity index (χ0v) is 18.0. The van der Waals surface area contributed by atoms with Crippen LogP contribution in [0.2, 0.25) is 5.02 Å². The number of Topliss-reactive ketones (excluding diaryl/α,β-unsaturated/α-hetero) is 1. The maximum absolute atomic E-state index is 12.8. The van der Waals surface area contributed by atoms with E-state index in [1.807, 2.05) is 19.9 Å². The quantitative estimate of drug-likeness (QED) is 0.665. The molecule has 2 aromatic rings. The van der Waals surface area contributed by atoms with Gasteiger partial charge in [0, 0.05) is 30.1 Å². The van der Waals surface area contributed by atoms with Gasteiger partial charge in [0.1, 0.15) is 0 Å². The van der Waals surface area contributed by atoms with Gasteiger partial charge < -0.3 is 14.6 Å². The number of carbonyl (C=O) groups is 2. The molecule has 1 aliphatic heterocycles. The van der Waals surface area contributed by atoms with Crippen molar-refractivity contribution in [3.05, 3.63) is 52.3 Å². The third-order valence-corrected chi connectivity index (χ3v) is 5.59. The average Bonchev–Trinajstić information content (AvgIpc) is 3.27. The average molecular weight is 418 g/mol. The van der Waals surface area contributed by atoms with Crippen molar-refractivity contribution in [1.29, 1.82) is 0 Å². The summed E-state index contributed by atoms with van der Waals surface area (Å²) in [6, 6.07) is 9.01. The van der Waals surface area contributed by atoms with Crippen LogP contribution in [0.3, 0.4) is 0 Å². The molecule has 1 amide bonds. The zero-order valence-electron chi connectivity index (χ0n) is 17.2. The Morgan fingerprint density at radius 1 is 1.28 bits per heavy atom. The second kappa shape index (κ2) is 9.57. The number of benzene rings is 1. The standard InChI is InChI=1S/C22H28ClN3O3/c1-15-11-18(16(2)26(15)12-17-7-6-10-29-17)21(27)13-25(3)14-22(28)24-20-9-5-4-8-19(20)23/h4-5,8-9,11,17H,6-7,10,12-14H2,1-3H3,(H,24,28)/t17-/m1/s1. The number of aromatic nitrogens is 1. The molecule has 156 valence electrons. The van der Waals surface area contributed by atoms with E-state index >= 15 is 0 Å². The number of nitrogens with zero attached hydrogens (tertiary/aromatic N) is 2. The second-order valence-electron chi connectivity index (χ2n) is 7.65. The lowest BCUT2D eigenvalue weighted by Crippen LogP contribution is -2.34. The highest BCUT2D eigenvalue weighted by Crippen LogP contribution is 2.22. The molecule has 0 saturated carbocycles. The fourth-order valence-corrected chi connectivity index (χ4v) is 3.92. The van der Waals surface area contributed by atoms with Crippen molar-refractivity contribution < 1.29 is 14.3 Å². The third kappa shape index (κ3) is 5.47. The first-order chi connectivity index (χ1) is 13.8. The van der Waals surface area contributed by atoms with Crippen molar-refractivity contribution in [2.45, 2.75) is 39.3 Å². The fourth-order valence-electron chi connectivity index (χ4n) is 3.74. The molecule has 0 radical (unpaired) electrons. The number of para-hydroxylation sites is 1. The number of nitrogens with one attached hydrogen (secondary N) is 1. The first-order valence-corrected chi connectivity index (χ1v) is 10.3. The van der Waals surface area contributed by atoms with Crippen molar-refractivity contribution in [2.75, 3.05) is 32.1 Å². The van der Waals surface area contributed by atoms with Crippen LogP contribution in [0.15, 0.2) is 30.3 Å². The number of rotatable bonds is 8. The Kier molecular flexibility index (Phi) is 7.11. The molecule has 1 N–H and O–H groups in total. The molecular formula is C22H28ClN3O3. The predicted octanol–water partition coefficient (Wildman–Crippen LogP) is 3.69. The molecule has 0 aliphatic carbocycles. The van der Waals surface area contributed by atoms with E-state index in [9.17, 15) is 9.59 Å². The van der Waals surface area contributed by atoms with Gasteiger partial charge in [-0.1, -0.05) is 23.7 Å². The Labute approximate surface area is 176 Å². The number of amides is 1. The summed E-state index contributed by atoms with van der Waals surface area (Å²) in [7, 11) is 1.76. The van der Waals surface area contributed by atoms with Crippen molar-refractivity contribution in [3.8, 4) is 0 Å². The van der Waals surface area contributed by atoms with E-state index in [-0.39, 0.29) is 30.9 Å². The Morgan fingerprint density at radius 2 is 2.03 bits per heavy atom. The molecule has 1 aliphatic rings. The molecule has 1 aromatic heterocycles. The summed E-state index contributed by atoms with van der Waals surface area (Å²) in [5, 5.41) is 3.26. The van der Waals surface area contributed by atoms with E-state index in [2.05, 4.69) is 9.88 Å². The van der Waals surface area contributed by atoms with Crippen LogP contribution < -0.4 is 5.32 Å². The highest BCUT2D eigenvalue weighted by molar-refractivity contribution is 6.33. The molecular weight excluding hydrogens is 390 g/mol. The highest BCUT2D eigenvalue weighted by atomic mass is 35.5. The predicted molar refractivity (Wildman–Crippen MR) is 115 cm³/mol. The SMILES string of the molecule is Cc1cc(C(=O)CN(C)CC(=O)Nc2ccccc2Cl)c(C)n1C[C@H]1CCCO1. The lowest BCUT2D eigenvalue weighted by molar-refractivity contribution is -0.116. The number of carbonyl (C=O) groups excluding carboxylic acids is 2. The van der Waals surface area contributed by atoms with E-state index in [0.717, 1.165) is 37.4 Å². The second-order valence-corrected chi connectivity index (χ2v) is 8.06. The highest BCUT2D eigenvalue weighted by Gasteiger charge is 2.22. The molecule has 7 heteroatoms. The summed E-state index contributed by atoms with van der Waals surface area (Å²) >= 11 is 6.07. The molecule has 2 heterocycles. The van der Waals surface area contributed by atoms with Crippen LogP contribution in [-0.2, 0) is 16.1 Å². The largest absolute Gasteiger partial charge is 0.376 e. The molecule has 0 unspecified atom stereocenters. The van der Waals surface area contributed by atoms with E-state index in [1.54, 1.807) is 36.2 Å². The maximum Gasteiger partial charge on any atom is 0.238 e. The topological polar surface area (TPSA) is 63.6 Å². The van der Waals surface area contributed by atoms with Crippen LogP contribution in [0.4, 0.5) is 5.69 Å². The molecule has 0 bridgehead atoms. The molecule has 1 atom stereocenters. The van der Waals surface area contributed by atoms with Crippen LogP contribution in [0, 0.1) is 13.8 Å². The van der Waals surface area contributed by atoms with Gasteiger partial charge >= 0.3 is 0 Å². The number of ether oxygens (including phenoxy) is 1. The molecule has 3 rings (SSSR count). The molecule has 29 heavy (non-hydrogen) atoms. The molecule has 6 nitrogen and oxygen atoms in total. The first-order valence-electron chi connectivity index (χ1n) is 9.89. The number of hydrogen-bond acceptors (Lipinski definition) is 4. The molecule has 1 fully saturated rings. The summed E-state index contributed by atoms with van der Waals surface area (Å²) in [4.78, 5) is 26.8. The third-order valence-electron chi connectivity index (χ3n) is 5.26. The summed E-state index contributed by atoms with van der Waals surface area (Å²) in [5.41, 5.74) is 3.29. The maximum atomic E-state index is 12.8. The Balaban J connectivity index is 1.58. The van der Waals surface area contributed by atoms with Crippen LogP contribution in [0.25, 0.3) is 0 Å². The smallest absolute Gasteiger partial charge is 0.238 e. The van der Waals surface area contributed by atoms with Crippen LogP contribution >= 0.6 is 11.6 Å². The van der Waals surface area contributed by atoms with Crippen molar-refractivity contribution in [2.24, 2.45) is 0 Å². The van der Waals surface area contributed by atoms with Gasteiger partial charge in [-0.15, -0.1) is 0 Å². The summed E-state index contributed by atoms with van der Waals surface area (Å²) in [5.74, 6) is -0.206. The van der Waals surface area contributed by atoms with E-state index in [0.29, 0.717) is 16.3 Å². The van der Waals surface area contributed by atoms with Crippen molar-refractivity contribution in [3.63, 3.8) is 0 Å². The van der Waals surface area contributed by atoms with Gasteiger partial charge in [0.2, 0.25) is 5.91 Å². The monoisotopic (exact) mass is 417 g/mol. The van der Waals surface area contributed by atoms with Gasteiger partial charge in [0.25, 0.3) is 0 Å². The number of aryl methyl sites for hydroxylation is 1. The van der Waals surface area contributed by atoms with Gasteiger partial charge in [0.05, 0.1) is 29.9 Å². The Bertz CT molecular complexity index is 887. The van der Waals surface area contributed by atoms with Gasteiger partial charge in [-0.25, -0.2) is 0 Å². The zero-order chi connectivity index (χ0) is 21.0. The Morgan fingerprint density at radius 3 is 2.72 bits per heavy atom. The minimum atomic E-state index is -0.211. The van der Waals surface area contributed by atoms with Gasteiger partial charge in [0.15, 0.2) is 5.78 Å². The Hall–Kier alpha value is -2.15. The summed E-state index contributed by atoms with van der Waals surface area (Å²) < 4.78 is 7.89. The lowest BCUT2D eigenvalue weighted by Gasteiger charge is -2.17. The van der Waals surface area contributed by atoms with Crippen molar-refractivity contribution >= 4 is 29.0 Å². The number of halogens is 1. The molecule has 1 saturated heterocycles. The van der Waals surface area contributed by atoms with E-state index in [4.69, 9.17) is 16.3 Å². The van der Waals surface area contributed by atoms with Gasteiger partial charge in [-0.2, -0.15) is 0 Å². The van der Waals surface area contributed by atoms with Crippen LogP contribution in [0.1, 0.15) is 34.6 Å². The van der Waals surface area contributed by atoms with E-state index < -0.39 is 0 Å². The fraction of sp³-hybridized carbons (Fsp3) is 0.455. The minimum Gasteiger partial charge on any atom is -0.376 e. The lowest BCUT2D eigenvalue weighted by atomic mass is 10.1.